The smallest absolute Gasteiger partial charge is 0.161 e. The van der Waals surface area contributed by atoms with E-state index in [1.54, 1.807) is 13.2 Å². The molecule has 0 saturated heterocycles. The van der Waals surface area contributed by atoms with E-state index in [0.29, 0.717) is 28.7 Å². The van der Waals surface area contributed by atoms with Crippen LogP contribution in [0.2, 0.25) is 0 Å². The molecule has 4 nitrogen and oxygen atoms in total. The van der Waals surface area contributed by atoms with Gasteiger partial charge in [0, 0.05) is 24.3 Å². The first-order valence-corrected chi connectivity index (χ1v) is 11.3. The summed E-state index contributed by atoms with van der Waals surface area (Å²) in [7, 11) is 1.66. The van der Waals surface area contributed by atoms with E-state index < -0.39 is 0 Å². The molecule has 166 valence electrons. The third-order valence-electron chi connectivity index (χ3n) is 5.26. The number of rotatable bonds is 12. The molecule has 6 heteroatoms. The minimum atomic E-state index is -0.259. The molecule has 0 amide bonds. The Morgan fingerprint density at radius 1 is 1.27 bits per heavy atom. The second-order valence-electron chi connectivity index (χ2n) is 7.40. The summed E-state index contributed by atoms with van der Waals surface area (Å²) in [5.41, 5.74) is 7.34. The largest absolute Gasteiger partial charge is 0.493 e. The molecule has 1 aromatic rings. The number of unbranched alkanes of at least 4 members (excludes halogenated alkanes) is 1. The molecule has 1 aliphatic carbocycles. The van der Waals surface area contributed by atoms with Crippen LogP contribution in [-0.2, 0) is 4.74 Å². The first-order valence-electron chi connectivity index (χ1n) is 10.6. The van der Waals surface area contributed by atoms with Gasteiger partial charge in [0.1, 0.15) is 0 Å². The number of ether oxygens (including phenoxy) is 3. The minimum absolute atomic E-state index is 0.230. The third-order valence-corrected chi connectivity index (χ3v) is 6.00. The SMILES string of the molecule is C=C/C(Cl)=C(CC(OCCCC)c1ccc(OC)c(OC2CCCC2)c1)\C(Cl)=C/N. The highest BCUT2D eigenvalue weighted by molar-refractivity contribution is 6.36. The molecule has 0 spiro atoms. The van der Waals surface area contributed by atoms with Crippen molar-refractivity contribution >= 4 is 23.2 Å². The Kier molecular flexibility index (Phi) is 10.6. The molecule has 0 radical (unpaired) electrons. The molecule has 0 heterocycles. The van der Waals surface area contributed by atoms with Crippen LogP contribution in [0.25, 0.3) is 0 Å². The Hall–Kier alpha value is -1.62. The van der Waals surface area contributed by atoms with E-state index in [-0.39, 0.29) is 12.2 Å². The van der Waals surface area contributed by atoms with Gasteiger partial charge in [-0.25, -0.2) is 0 Å². The quantitative estimate of drug-likeness (QED) is 0.273. The van der Waals surface area contributed by atoms with Gasteiger partial charge < -0.3 is 19.9 Å². The summed E-state index contributed by atoms with van der Waals surface area (Å²) < 4.78 is 18.0. The zero-order valence-corrected chi connectivity index (χ0v) is 19.5. The summed E-state index contributed by atoms with van der Waals surface area (Å²) in [6.07, 6.45) is 9.91. The van der Waals surface area contributed by atoms with Crippen molar-refractivity contribution in [3.63, 3.8) is 0 Å². The number of allylic oxidation sites excluding steroid dienone is 3. The van der Waals surface area contributed by atoms with Crippen LogP contribution in [0.4, 0.5) is 0 Å². The number of hydrogen-bond acceptors (Lipinski definition) is 4. The van der Waals surface area contributed by atoms with Crippen LogP contribution in [0.5, 0.6) is 11.5 Å². The standard InChI is InChI=1S/C24H33Cl2NO3/c1-4-6-13-29-23(15-19(20(25)5-2)21(26)16-27)17-11-12-22(28-3)24(14-17)30-18-9-7-8-10-18/h5,11-12,14,16,18,23H,2,4,6-10,13,15,27H2,1,3H3/b20-19+,21-16+. The lowest BCUT2D eigenvalue weighted by molar-refractivity contribution is 0.0510. The fourth-order valence-corrected chi connectivity index (χ4v) is 3.94. The summed E-state index contributed by atoms with van der Waals surface area (Å²) in [5, 5.41) is 0.849. The molecule has 0 aromatic heterocycles. The zero-order valence-electron chi connectivity index (χ0n) is 18.0. The first-order chi connectivity index (χ1) is 14.5. The molecule has 30 heavy (non-hydrogen) atoms. The molecule has 0 aliphatic heterocycles. The molecule has 1 fully saturated rings. The highest BCUT2D eigenvalue weighted by atomic mass is 35.5. The maximum atomic E-state index is 6.37. The van der Waals surface area contributed by atoms with E-state index in [1.165, 1.54) is 19.0 Å². The average Bonchev–Trinajstić information content (AvgIpc) is 3.28. The Morgan fingerprint density at radius 2 is 2.00 bits per heavy atom. The lowest BCUT2D eigenvalue weighted by Gasteiger charge is -2.23. The van der Waals surface area contributed by atoms with Gasteiger partial charge in [0.15, 0.2) is 11.5 Å². The second kappa shape index (κ2) is 12.9. The van der Waals surface area contributed by atoms with Crippen LogP contribution in [-0.4, -0.2) is 19.8 Å². The van der Waals surface area contributed by atoms with Gasteiger partial charge >= 0.3 is 0 Å². The first kappa shape index (κ1) is 24.6. The summed E-state index contributed by atoms with van der Waals surface area (Å²) in [5.74, 6) is 1.46. The van der Waals surface area contributed by atoms with Crippen molar-refractivity contribution in [2.45, 2.75) is 64.1 Å². The molecular weight excluding hydrogens is 421 g/mol. The zero-order chi connectivity index (χ0) is 21.9. The van der Waals surface area contributed by atoms with Crippen LogP contribution in [0.3, 0.4) is 0 Å². The van der Waals surface area contributed by atoms with Gasteiger partial charge in [0.05, 0.1) is 24.4 Å². The fraction of sp³-hybridized carbons (Fsp3) is 0.500. The van der Waals surface area contributed by atoms with Gasteiger partial charge in [-0.15, -0.1) is 0 Å². The Labute approximate surface area is 190 Å². The van der Waals surface area contributed by atoms with E-state index in [9.17, 15) is 0 Å². The molecular formula is C24H33Cl2NO3. The fourth-order valence-electron chi connectivity index (χ4n) is 3.53. The van der Waals surface area contributed by atoms with E-state index in [4.69, 9.17) is 43.1 Å². The Morgan fingerprint density at radius 3 is 2.60 bits per heavy atom. The number of nitrogens with two attached hydrogens (primary N) is 1. The molecule has 2 rings (SSSR count). The van der Waals surface area contributed by atoms with E-state index in [2.05, 4.69) is 13.5 Å². The van der Waals surface area contributed by atoms with E-state index in [0.717, 1.165) is 42.7 Å². The predicted molar refractivity (Wildman–Crippen MR) is 125 cm³/mol. The van der Waals surface area contributed by atoms with Crippen molar-refractivity contribution in [3.05, 3.63) is 58.3 Å². The molecule has 1 aromatic carbocycles. The predicted octanol–water partition coefficient (Wildman–Crippen LogP) is 6.98. The molecule has 1 saturated carbocycles. The minimum Gasteiger partial charge on any atom is -0.493 e. The third kappa shape index (κ3) is 6.97. The van der Waals surface area contributed by atoms with E-state index in [1.807, 2.05) is 18.2 Å². The van der Waals surface area contributed by atoms with Crippen LogP contribution in [0.1, 0.15) is 63.5 Å². The van der Waals surface area contributed by atoms with Crippen molar-refractivity contribution in [1.29, 1.82) is 0 Å². The number of halogens is 2. The second-order valence-corrected chi connectivity index (χ2v) is 8.21. The van der Waals surface area contributed by atoms with Gasteiger partial charge in [-0.1, -0.05) is 55.3 Å². The summed E-state index contributed by atoms with van der Waals surface area (Å²) in [4.78, 5) is 0. The highest BCUT2D eigenvalue weighted by Crippen LogP contribution is 2.38. The monoisotopic (exact) mass is 453 g/mol. The van der Waals surface area contributed by atoms with Crippen molar-refractivity contribution < 1.29 is 14.2 Å². The number of benzene rings is 1. The maximum absolute atomic E-state index is 6.37. The molecule has 0 bridgehead atoms. The molecule has 1 aliphatic rings. The lowest BCUT2D eigenvalue weighted by atomic mass is 9.99. The van der Waals surface area contributed by atoms with Crippen molar-refractivity contribution in [1.82, 2.24) is 0 Å². The Balaban J connectivity index is 2.35. The van der Waals surface area contributed by atoms with Gasteiger partial charge in [0.25, 0.3) is 0 Å². The molecule has 1 atom stereocenters. The molecule has 1 unspecified atom stereocenters. The number of methoxy groups -OCH3 is 1. The van der Waals surface area contributed by atoms with Crippen molar-refractivity contribution in [3.8, 4) is 11.5 Å². The summed E-state index contributed by atoms with van der Waals surface area (Å²) in [6, 6.07) is 5.93. The van der Waals surface area contributed by atoms with Crippen LogP contribution < -0.4 is 15.2 Å². The number of hydrogen-bond donors (Lipinski definition) is 1. The summed E-state index contributed by atoms with van der Waals surface area (Å²) >= 11 is 12.7. The highest BCUT2D eigenvalue weighted by Gasteiger charge is 2.22. The van der Waals surface area contributed by atoms with Crippen LogP contribution in [0.15, 0.2) is 52.7 Å². The topological polar surface area (TPSA) is 53.7 Å². The summed E-state index contributed by atoms with van der Waals surface area (Å²) in [6.45, 7) is 6.52. The van der Waals surface area contributed by atoms with Crippen molar-refractivity contribution in [2.75, 3.05) is 13.7 Å². The van der Waals surface area contributed by atoms with Crippen molar-refractivity contribution in [2.24, 2.45) is 5.73 Å². The van der Waals surface area contributed by atoms with Gasteiger partial charge in [-0.2, -0.15) is 0 Å². The van der Waals surface area contributed by atoms with Crippen LogP contribution >= 0.6 is 23.2 Å². The average molecular weight is 454 g/mol. The molecule has 2 N–H and O–H groups in total. The van der Waals surface area contributed by atoms with Gasteiger partial charge in [-0.05, 0) is 55.4 Å². The normalized spacial score (nSPS) is 16.9. The van der Waals surface area contributed by atoms with Gasteiger partial charge in [0.2, 0.25) is 0 Å². The Bertz CT molecular complexity index is 755. The van der Waals surface area contributed by atoms with Gasteiger partial charge in [-0.3, -0.25) is 0 Å². The van der Waals surface area contributed by atoms with E-state index >= 15 is 0 Å². The lowest BCUT2D eigenvalue weighted by Crippen LogP contribution is -2.13. The maximum Gasteiger partial charge on any atom is 0.161 e. The van der Waals surface area contributed by atoms with Crippen LogP contribution in [0, 0.1) is 0 Å².